The molecule has 0 aliphatic heterocycles. The minimum atomic E-state index is -0.264. The molecule has 1 atom stereocenters. The zero-order chi connectivity index (χ0) is 8.97. The van der Waals surface area contributed by atoms with Crippen LogP contribution in [0.15, 0.2) is 17.5 Å². The number of hydrogen-bond acceptors (Lipinski definition) is 2. The zero-order valence-electron chi connectivity index (χ0n) is 7.58. The van der Waals surface area contributed by atoms with Gasteiger partial charge in [0.1, 0.15) is 0 Å². The second-order valence-electron chi connectivity index (χ2n) is 3.28. The molecule has 0 saturated carbocycles. The van der Waals surface area contributed by atoms with Crippen molar-refractivity contribution in [1.82, 2.24) is 0 Å². The Labute approximate surface area is 77.5 Å². The average Bonchev–Trinajstić information content (AvgIpc) is 2.51. The Morgan fingerprint density at radius 1 is 1.58 bits per heavy atom. The topological polar surface area (TPSA) is 24.7 Å². The SMILES string of the molecule is C[NH+](C)CC[C@H](O)c1cccs1. The first kappa shape index (κ1) is 9.71. The van der Waals surface area contributed by atoms with Crippen LogP contribution < -0.4 is 4.90 Å². The van der Waals surface area contributed by atoms with Crippen molar-refractivity contribution >= 4 is 11.3 Å². The molecule has 12 heavy (non-hydrogen) atoms. The molecular formula is C9H16NOS+. The van der Waals surface area contributed by atoms with Gasteiger partial charge in [-0.3, -0.25) is 0 Å². The van der Waals surface area contributed by atoms with Gasteiger partial charge in [-0.05, 0) is 11.4 Å². The Kier molecular flexibility index (Phi) is 3.72. The van der Waals surface area contributed by atoms with E-state index < -0.39 is 0 Å². The molecule has 3 heteroatoms. The predicted octanol–water partition coefficient (Wildman–Crippen LogP) is 0.316. The van der Waals surface area contributed by atoms with E-state index in [9.17, 15) is 5.11 Å². The van der Waals surface area contributed by atoms with Crippen molar-refractivity contribution in [2.24, 2.45) is 0 Å². The van der Waals surface area contributed by atoms with Gasteiger partial charge in [-0.25, -0.2) is 0 Å². The van der Waals surface area contributed by atoms with Crippen LogP contribution in [-0.4, -0.2) is 25.7 Å². The van der Waals surface area contributed by atoms with E-state index in [1.807, 2.05) is 17.5 Å². The number of rotatable bonds is 4. The van der Waals surface area contributed by atoms with E-state index in [0.29, 0.717) is 0 Å². The minimum Gasteiger partial charge on any atom is -0.387 e. The van der Waals surface area contributed by atoms with Gasteiger partial charge < -0.3 is 10.0 Å². The molecule has 2 N–H and O–H groups in total. The molecule has 1 rings (SSSR count). The maximum absolute atomic E-state index is 9.66. The molecule has 0 aromatic carbocycles. The van der Waals surface area contributed by atoms with E-state index >= 15 is 0 Å². The standard InChI is InChI=1S/C9H15NOS/c1-10(2)6-5-8(11)9-4-3-7-12-9/h3-4,7-8,11H,5-6H2,1-2H3/p+1/t8-/m0/s1. The van der Waals surface area contributed by atoms with Gasteiger partial charge in [0.05, 0.1) is 26.7 Å². The molecule has 68 valence electrons. The summed E-state index contributed by atoms with van der Waals surface area (Å²) in [6, 6.07) is 3.96. The summed E-state index contributed by atoms with van der Waals surface area (Å²) < 4.78 is 0. The number of quaternary nitrogens is 1. The van der Waals surface area contributed by atoms with Crippen LogP contribution in [0.3, 0.4) is 0 Å². The van der Waals surface area contributed by atoms with Crippen LogP contribution in [0.4, 0.5) is 0 Å². The van der Waals surface area contributed by atoms with E-state index in [4.69, 9.17) is 0 Å². The van der Waals surface area contributed by atoms with Crippen LogP contribution in [0, 0.1) is 0 Å². The van der Waals surface area contributed by atoms with Crippen molar-refractivity contribution in [1.29, 1.82) is 0 Å². The predicted molar refractivity (Wildman–Crippen MR) is 51.6 cm³/mol. The summed E-state index contributed by atoms with van der Waals surface area (Å²) in [5.74, 6) is 0. The first-order valence-corrected chi connectivity index (χ1v) is 5.08. The summed E-state index contributed by atoms with van der Waals surface area (Å²) in [6.07, 6.45) is 0.586. The first-order valence-electron chi connectivity index (χ1n) is 4.20. The summed E-state index contributed by atoms with van der Waals surface area (Å²) in [5.41, 5.74) is 0. The quantitative estimate of drug-likeness (QED) is 0.695. The van der Waals surface area contributed by atoms with Crippen molar-refractivity contribution < 1.29 is 10.0 Å². The maximum Gasteiger partial charge on any atom is 0.0935 e. The molecule has 0 aliphatic rings. The van der Waals surface area contributed by atoms with Crippen molar-refractivity contribution in [3.8, 4) is 0 Å². The summed E-state index contributed by atoms with van der Waals surface area (Å²) in [7, 11) is 4.20. The Morgan fingerprint density at radius 2 is 2.33 bits per heavy atom. The lowest BCUT2D eigenvalue weighted by Gasteiger charge is -2.10. The van der Waals surface area contributed by atoms with Crippen LogP contribution in [0.1, 0.15) is 17.4 Å². The van der Waals surface area contributed by atoms with Gasteiger partial charge in [0, 0.05) is 11.3 Å². The van der Waals surface area contributed by atoms with E-state index in [-0.39, 0.29) is 6.10 Å². The van der Waals surface area contributed by atoms with E-state index in [1.165, 1.54) is 4.90 Å². The third kappa shape index (κ3) is 2.93. The van der Waals surface area contributed by atoms with Gasteiger partial charge in [0.2, 0.25) is 0 Å². The normalized spacial score (nSPS) is 13.7. The molecular weight excluding hydrogens is 170 g/mol. The van der Waals surface area contributed by atoms with Crippen LogP contribution >= 0.6 is 11.3 Å². The summed E-state index contributed by atoms with van der Waals surface area (Å²) in [6.45, 7) is 1.01. The fourth-order valence-corrected chi connectivity index (χ4v) is 1.79. The lowest BCUT2D eigenvalue weighted by Crippen LogP contribution is -3.05. The molecule has 1 aromatic rings. The lowest BCUT2D eigenvalue weighted by atomic mass is 10.2. The highest BCUT2D eigenvalue weighted by atomic mass is 32.1. The Balaban J connectivity index is 2.34. The molecule has 0 aliphatic carbocycles. The van der Waals surface area contributed by atoms with Gasteiger partial charge in [0.25, 0.3) is 0 Å². The molecule has 0 unspecified atom stereocenters. The molecule has 0 radical (unpaired) electrons. The first-order chi connectivity index (χ1) is 5.70. The highest BCUT2D eigenvalue weighted by Gasteiger charge is 2.09. The molecule has 0 saturated heterocycles. The number of nitrogens with one attached hydrogen (secondary N) is 1. The molecule has 0 spiro atoms. The molecule has 0 amide bonds. The highest BCUT2D eigenvalue weighted by molar-refractivity contribution is 7.10. The summed E-state index contributed by atoms with van der Waals surface area (Å²) in [4.78, 5) is 2.46. The van der Waals surface area contributed by atoms with Crippen LogP contribution in [0.25, 0.3) is 0 Å². The fourth-order valence-electron chi connectivity index (χ4n) is 1.05. The third-order valence-corrected chi connectivity index (χ3v) is 2.76. The average molecular weight is 186 g/mol. The number of aliphatic hydroxyl groups is 1. The van der Waals surface area contributed by atoms with E-state index in [2.05, 4.69) is 14.1 Å². The van der Waals surface area contributed by atoms with Crippen LogP contribution in [0.5, 0.6) is 0 Å². The largest absolute Gasteiger partial charge is 0.387 e. The Bertz CT molecular complexity index is 208. The Morgan fingerprint density at radius 3 is 2.83 bits per heavy atom. The van der Waals surface area contributed by atoms with Crippen LogP contribution in [-0.2, 0) is 0 Å². The van der Waals surface area contributed by atoms with Crippen molar-refractivity contribution in [3.05, 3.63) is 22.4 Å². The number of hydrogen-bond donors (Lipinski definition) is 2. The highest BCUT2D eigenvalue weighted by Crippen LogP contribution is 2.20. The molecule has 1 aromatic heterocycles. The van der Waals surface area contributed by atoms with Gasteiger partial charge in [0.15, 0.2) is 0 Å². The second kappa shape index (κ2) is 4.60. The van der Waals surface area contributed by atoms with E-state index in [0.717, 1.165) is 17.8 Å². The van der Waals surface area contributed by atoms with Crippen molar-refractivity contribution in [3.63, 3.8) is 0 Å². The third-order valence-electron chi connectivity index (χ3n) is 1.79. The van der Waals surface area contributed by atoms with E-state index in [1.54, 1.807) is 11.3 Å². The monoisotopic (exact) mass is 186 g/mol. The molecule has 0 bridgehead atoms. The van der Waals surface area contributed by atoms with Gasteiger partial charge in [-0.2, -0.15) is 0 Å². The summed E-state index contributed by atoms with van der Waals surface area (Å²) in [5, 5.41) is 11.7. The number of thiophene rings is 1. The molecule has 1 heterocycles. The summed E-state index contributed by atoms with van der Waals surface area (Å²) >= 11 is 1.62. The second-order valence-corrected chi connectivity index (χ2v) is 4.26. The van der Waals surface area contributed by atoms with Crippen molar-refractivity contribution in [2.45, 2.75) is 12.5 Å². The zero-order valence-corrected chi connectivity index (χ0v) is 8.40. The fraction of sp³-hybridized carbons (Fsp3) is 0.556. The number of aliphatic hydroxyl groups excluding tert-OH is 1. The smallest absolute Gasteiger partial charge is 0.0935 e. The van der Waals surface area contributed by atoms with Crippen LogP contribution in [0.2, 0.25) is 0 Å². The molecule has 2 nitrogen and oxygen atoms in total. The minimum absolute atomic E-state index is 0.264. The van der Waals surface area contributed by atoms with Gasteiger partial charge in [-0.1, -0.05) is 6.07 Å². The Hall–Kier alpha value is -0.380. The van der Waals surface area contributed by atoms with Gasteiger partial charge in [-0.15, -0.1) is 11.3 Å². The maximum atomic E-state index is 9.66. The van der Waals surface area contributed by atoms with Crippen molar-refractivity contribution in [2.75, 3.05) is 20.6 Å². The van der Waals surface area contributed by atoms with Gasteiger partial charge >= 0.3 is 0 Å². The lowest BCUT2D eigenvalue weighted by molar-refractivity contribution is -0.858. The molecule has 0 fully saturated rings.